The van der Waals surface area contributed by atoms with Gasteiger partial charge in [0.15, 0.2) is 5.78 Å². The van der Waals surface area contributed by atoms with Crippen molar-refractivity contribution in [3.05, 3.63) is 35.4 Å². The normalized spacial score (nSPS) is 22.6. The minimum absolute atomic E-state index is 0.135. The SMILES string of the molecule is CC1(C)CCCCC1C(=O)c1cccc(C(F)(F)F)c1. The van der Waals surface area contributed by atoms with Gasteiger partial charge in [0.2, 0.25) is 0 Å². The minimum atomic E-state index is -4.40. The van der Waals surface area contributed by atoms with E-state index in [1.54, 1.807) is 0 Å². The van der Waals surface area contributed by atoms with E-state index in [2.05, 4.69) is 0 Å². The Kier molecular flexibility index (Phi) is 3.94. The molecule has 1 atom stereocenters. The molecule has 1 nitrogen and oxygen atoms in total. The van der Waals surface area contributed by atoms with Crippen LogP contribution in [0.4, 0.5) is 13.2 Å². The Morgan fingerprint density at radius 3 is 2.55 bits per heavy atom. The third kappa shape index (κ3) is 3.05. The van der Waals surface area contributed by atoms with Crippen molar-refractivity contribution in [2.75, 3.05) is 0 Å². The van der Waals surface area contributed by atoms with Crippen molar-refractivity contribution in [3.63, 3.8) is 0 Å². The van der Waals surface area contributed by atoms with E-state index in [1.807, 2.05) is 13.8 Å². The van der Waals surface area contributed by atoms with Crippen molar-refractivity contribution in [2.24, 2.45) is 11.3 Å². The van der Waals surface area contributed by atoms with Crippen molar-refractivity contribution in [3.8, 4) is 0 Å². The highest BCUT2D eigenvalue weighted by molar-refractivity contribution is 5.98. The van der Waals surface area contributed by atoms with Gasteiger partial charge >= 0.3 is 6.18 Å². The van der Waals surface area contributed by atoms with Gasteiger partial charge in [-0.15, -0.1) is 0 Å². The maximum Gasteiger partial charge on any atom is 0.416 e. The summed E-state index contributed by atoms with van der Waals surface area (Å²) in [4.78, 5) is 12.5. The first-order chi connectivity index (χ1) is 9.22. The van der Waals surface area contributed by atoms with Gasteiger partial charge in [0, 0.05) is 11.5 Å². The minimum Gasteiger partial charge on any atom is -0.294 e. The van der Waals surface area contributed by atoms with E-state index < -0.39 is 11.7 Å². The van der Waals surface area contributed by atoms with E-state index in [0.717, 1.165) is 37.8 Å². The van der Waals surface area contributed by atoms with Crippen LogP contribution in [0.15, 0.2) is 24.3 Å². The van der Waals surface area contributed by atoms with Gasteiger partial charge in [0.25, 0.3) is 0 Å². The Morgan fingerprint density at radius 1 is 1.25 bits per heavy atom. The predicted octanol–water partition coefficient (Wildman–Crippen LogP) is 5.10. The molecular formula is C16H19F3O. The van der Waals surface area contributed by atoms with Gasteiger partial charge in [-0.3, -0.25) is 4.79 Å². The predicted molar refractivity (Wildman–Crippen MR) is 71.5 cm³/mol. The van der Waals surface area contributed by atoms with Crippen LogP contribution in [0.1, 0.15) is 55.5 Å². The number of halogens is 3. The third-order valence-corrected chi connectivity index (χ3v) is 4.30. The molecule has 1 aromatic carbocycles. The molecule has 20 heavy (non-hydrogen) atoms. The lowest BCUT2D eigenvalue weighted by molar-refractivity contribution is -0.137. The highest BCUT2D eigenvalue weighted by Crippen LogP contribution is 2.42. The molecule has 0 bridgehead atoms. The van der Waals surface area contributed by atoms with Gasteiger partial charge < -0.3 is 0 Å². The lowest BCUT2D eigenvalue weighted by Crippen LogP contribution is -2.34. The molecule has 1 aliphatic rings. The van der Waals surface area contributed by atoms with Crippen LogP contribution in [0, 0.1) is 11.3 Å². The highest BCUT2D eigenvalue weighted by atomic mass is 19.4. The van der Waals surface area contributed by atoms with Crippen molar-refractivity contribution < 1.29 is 18.0 Å². The number of Topliss-reactive ketones (excluding diaryl/α,β-unsaturated/α-hetero) is 1. The standard InChI is InChI=1S/C16H19F3O/c1-15(2)9-4-3-8-13(15)14(20)11-6-5-7-12(10-11)16(17,18)19/h5-7,10,13H,3-4,8-9H2,1-2H3. The summed E-state index contributed by atoms with van der Waals surface area (Å²) >= 11 is 0. The van der Waals surface area contributed by atoms with E-state index in [1.165, 1.54) is 12.1 Å². The summed E-state index contributed by atoms with van der Waals surface area (Å²) in [6, 6.07) is 4.78. The molecule has 0 spiro atoms. The molecule has 1 aliphatic carbocycles. The van der Waals surface area contributed by atoms with E-state index >= 15 is 0 Å². The highest BCUT2D eigenvalue weighted by Gasteiger charge is 2.38. The Bertz CT molecular complexity index is 503. The number of carbonyl (C=O) groups excluding carboxylic acids is 1. The van der Waals surface area contributed by atoms with Crippen molar-refractivity contribution in [2.45, 2.75) is 45.7 Å². The topological polar surface area (TPSA) is 17.1 Å². The fourth-order valence-electron chi connectivity index (χ4n) is 3.03. The van der Waals surface area contributed by atoms with Crippen LogP contribution in [0.2, 0.25) is 0 Å². The number of benzene rings is 1. The van der Waals surface area contributed by atoms with Gasteiger partial charge in [-0.25, -0.2) is 0 Å². The van der Waals surface area contributed by atoms with Gasteiger partial charge in [0.05, 0.1) is 5.56 Å². The van der Waals surface area contributed by atoms with Crippen LogP contribution in [0.5, 0.6) is 0 Å². The summed E-state index contributed by atoms with van der Waals surface area (Å²) in [6.45, 7) is 4.06. The van der Waals surface area contributed by atoms with E-state index in [4.69, 9.17) is 0 Å². The molecule has 1 fully saturated rings. The van der Waals surface area contributed by atoms with Crippen LogP contribution in [-0.4, -0.2) is 5.78 Å². The van der Waals surface area contributed by atoms with Crippen molar-refractivity contribution in [1.82, 2.24) is 0 Å². The first kappa shape index (κ1) is 15.1. The van der Waals surface area contributed by atoms with Crippen molar-refractivity contribution >= 4 is 5.78 Å². The number of hydrogen-bond acceptors (Lipinski definition) is 1. The van der Waals surface area contributed by atoms with Gasteiger partial charge in [-0.05, 0) is 30.4 Å². The maximum absolute atomic E-state index is 12.7. The molecule has 0 aliphatic heterocycles. The molecule has 2 rings (SSSR count). The summed E-state index contributed by atoms with van der Waals surface area (Å²) in [7, 11) is 0. The fraction of sp³-hybridized carbons (Fsp3) is 0.562. The summed E-state index contributed by atoms with van der Waals surface area (Å²) in [5, 5.41) is 0. The molecule has 4 heteroatoms. The van der Waals surface area contributed by atoms with Crippen LogP contribution < -0.4 is 0 Å². The van der Waals surface area contributed by atoms with Gasteiger partial charge in [-0.1, -0.05) is 38.8 Å². The summed E-state index contributed by atoms with van der Waals surface area (Å²) in [6.07, 6.45) is -0.638. The van der Waals surface area contributed by atoms with E-state index in [9.17, 15) is 18.0 Å². The van der Waals surface area contributed by atoms with E-state index in [-0.39, 0.29) is 22.7 Å². The summed E-state index contributed by atoms with van der Waals surface area (Å²) in [5.41, 5.74) is -0.708. The Hall–Kier alpha value is -1.32. The molecule has 0 N–H and O–H groups in total. The number of carbonyl (C=O) groups is 1. The Balaban J connectivity index is 2.29. The first-order valence-electron chi connectivity index (χ1n) is 6.93. The Labute approximate surface area is 117 Å². The number of alkyl halides is 3. The fourth-order valence-corrected chi connectivity index (χ4v) is 3.03. The zero-order valence-corrected chi connectivity index (χ0v) is 11.8. The molecular weight excluding hydrogens is 265 g/mol. The zero-order valence-electron chi connectivity index (χ0n) is 11.8. The monoisotopic (exact) mass is 284 g/mol. The molecule has 1 saturated carbocycles. The number of ketones is 1. The molecule has 0 amide bonds. The first-order valence-corrected chi connectivity index (χ1v) is 6.93. The molecule has 0 saturated heterocycles. The van der Waals surface area contributed by atoms with Crippen molar-refractivity contribution in [1.29, 1.82) is 0 Å². The average molecular weight is 284 g/mol. The number of rotatable bonds is 2. The van der Waals surface area contributed by atoms with Crippen LogP contribution in [-0.2, 0) is 6.18 Å². The lowest BCUT2D eigenvalue weighted by Gasteiger charge is -2.37. The summed E-state index contributed by atoms with van der Waals surface area (Å²) < 4.78 is 38.1. The quantitative estimate of drug-likeness (QED) is 0.690. The largest absolute Gasteiger partial charge is 0.416 e. The second kappa shape index (κ2) is 5.23. The molecule has 0 heterocycles. The second-order valence-electron chi connectivity index (χ2n) is 6.23. The smallest absolute Gasteiger partial charge is 0.294 e. The van der Waals surface area contributed by atoms with Crippen LogP contribution in [0.3, 0.4) is 0 Å². The van der Waals surface area contributed by atoms with Gasteiger partial charge in [0.1, 0.15) is 0 Å². The second-order valence-corrected chi connectivity index (χ2v) is 6.23. The van der Waals surface area contributed by atoms with Crippen LogP contribution >= 0.6 is 0 Å². The lowest BCUT2D eigenvalue weighted by atomic mass is 9.66. The van der Waals surface area contributed by atoms with E-state index in [0.29, 0.717) is 0 Å². The Morgan fingerprint density at radius 2 is 1.95 bits per heavy atom. The molecule has 0 aromatic heterocycles. The summed E-state index contributed by atoms with van der Waals surface area (Å²) in [5.74, 6) is -0.333. The maximum atomic E-state index is 12.7. The third-order valence-electron chi connectivity index (χ3n) is 4.30. The van der Waals surface area contributed by atoms with Gasteiger partial charge in [-0.2, -0.15) is 13.2 Å². The zero-order chi connectivity index (χ0) is 15.0. The molecule has 1 aromatic rings. The molecule has 1 unspecified atom stereocenters. The molecule has 0 radical (unpaired) electrons. The average Bonchev–Trinajstić information content (AvgIpc) is 2.37. The molecule has 110 valence electrons. The van der Waals surface area contributed by atoms with Crippen LogP contribution in [0.25, 0.3) is 0 Å². The number of hydrogen-bond donors (Lipinski definition) is 0.